The standard InChI is InChI=1S/C11H21FN2O2S/c12-11(3-7-17(15,16)8-4-11)9-14-5-1-10(13)2-6-14/h10H,1-9,13H2. The van der Waals surface area contributed by atoms with E-state index >= 15 is 0 Å². The Morgan fingerprint density at radius 1 is 1.24 bits per heavy atom. The second-order valence-electron chi connectivity index (χ2n) is 5.42. The Morgan fingerprint density at radius 2 is 1.76 bits per heavy atom. The van der Waals surface area contributed by atoms with Crippen molar-refractivity contribution in [3.8, 4) is 0 Å². The van der Waals surface area contributed by atoms with Gasteiger partial charge < -0.3 is 10.6 Å². The number of hydrogen-bond acceptors (Lipinski definition) is 4. The molecule has 2 aliphatic heterocycles. The fourth-order valence-corrected chi connectivity index (χ4v) is 4.13. The minimum atomic E-state index is -2.98. The van der Waals surface area contributed by atoms with E-state index in [2.05, 4.69) is 4.90 Å². The quantitative estimate of drug-likeness (QED) is 0.780. The van der Waals surface area contributed by atoms with Gasteiger partial charge in [-0.3, -0.25) is 0 Å². The van der Waals surface area contributed by atoms with Gasteiger partial charge in [-0.1, -0.05) is 0 Å². The summed E-state index contributed by atoms with van der Waals surface area (Å²) in [5, 5.41) is 0. The highest BCUT2D eigenvalue weighted by Gasteiger charge is 2.39. The van der Waals surface area contributed by atoms with E-state index in [9.17, 15) is 12.8 Å². The predicted octanol–water partition coefficient (Wildman–Crippen LogP) is 0.326. The zero-order valence-electron chi connectivity index (χ0n) is 10.1. The SMILES string of the molecule is NC1CCN(CC2(F)CCS(=O)(=O)CC2)CC1. The molecule has 0 aliphatic carbocycles. The number of nitrogens with two attached hydrogens (primary N) is 1. The van der Waals surface area contributed by atoms with Crippen LogP contribution in [0.2, 0.25) is 0 Å². The summed E-state index contributed by atoms with van der Waals surface area (Å²) in [6.45, 7) is 2.04. The molecule has 0 radical (unpaired) electrons. The Bertz CT molecular complexity index is 350. The molecule has 0 bridgehead atoms. The van der Waals surface area contributed by atoms with Crippen LogP contribution in [0.15, 0.2) is 0 Å². The van der Waals surface area contributed by atoms with Crippen molar-refractivity contribution >= 4 is 9.84 Å². The fraction of sp³-hybridized carbons (Fsp3) is 1.00. The van der Waals surface area contributed by atoms with Crippen LogP contribution in [0.3, 0.4) is 0 Å². The molecule has 0 amide bonds. The molecule has 2 aliphatic rings. The number of alkyl halides is 1. The largest absolute Gasteiger partial charge is 0.328 e. The zero-order valence-corrected chi connectivity index (χ0v) is 10.9. The first-order valence-corrected chi connectivity index (χ1v) is 8.08. The Balaban J connectivity index is 1.86. The number of likely N-dealkylation sites (tertiary alicyclic amines) is 1. The first-order valence-electron chi connectivity index (χ1n) is 6.26. The summed E-state index contributed by atoms with van der Waals surface area (Å²) in [6, 6.07) is 0.244. The summed E-state index contributed by atoms with van der Waals surface area (Å²) >= 11 is 0. The van der Waals surface area contributed by atoms with Crippen LogP contribution in [-0.2, 0) is 9.84 Å². The molecule has 2 rings (SSSR count). The molecular weight excluding hydrogens is 243 g/mol. The van der Waals surface area contributed by atoms with Gasteiger partial charge >= 0.3 is 0 Å². The molecule has 2 fully saturated rings. The maximum absolute atomic E-state index is 14.5. The first kappa shape index (κ1) is 13.2. The third-order valence-electron chi connectivity index (χ3n) is 3.86. The third kappa shape index (κ3) is 3.63. The maximum atomic E-state index is 14.5. The number of sulfone groups is 1. The number of halogens is 1. The van der Waals surface area contributed by atoms with E-state index in [0.717, 1.165) is 25.9 Å². The van der Waals surface area contributed by atoms with E-state index in [1.165, 1.54) is 0 Å². The molecule has 4 nitrogen and oxygen atoms in total. The normalized spacial score (nSPS) is 30.2. The van der Waals surface area contributed by atoms with Crippen LogP contribution in [0.25, 0.3) is 0 Å². The Hall–Kier alpha value is -0.200. The summed E-state index contributed by atoms with van der Waals surface area (Å²) in [5.74, 6) is -0.00624. The van der Waals surface area contributed by atoms with Gasteiger partial charge in [0.25, 0.3) is 0 Å². The molecule has 0 saturated carbocycles. The zero-order chi connectivity index (χ0) is 12.5. The van der Waals surface area contributed by atoms with Gasteiger partial charge in [0.1, 0.15) is 5.67 Å². The van der Waals surface area contributed by atoms with Crippen molar-refractivity contribution in [2.24, 2.45) is 5.73 Å². The maximum Gasteiger partial charge on any atom is 0.150 e. The van der Waals surface area contributed by atoms with Crippen LogP contribution in [0.1, 0.15) is 25.7 Å². The Labute approximate surface area is 102 Å². The predicted molar refractivity (Wildman–Crippen MR) is 65.4 cm³/mol. The summed E-state index contributed by atoms with van der Waals surface area (Å²) in [6.07, 6.45) is 2.12. The molecule has 0 aromatic heterocycles. The molecule has 2 N–H and O–H groups in total. The molecule has 17 heavy (non-hydrogen) atoms. The van der Waals surface area contributed by atoms with Gasteiger partial charge in [-0.15, -0.1) is 0 Å². The number of hydrogen-bond donors (Lipinski definition) is 1. The molecular formula is C11H21FN2O2S. The van der Waals surface area contributed by atoms with Gasteiger partial charge in [0.15, 0.2) is 9.84 Å². The van der Waals surface area contributed by atoms with Crippen molar-refractivity contribution < 1.29 is 12.8 Å². The molecule has 6 heteroatoms. The average molecular weight is 264 g/mol. The van der Waals surface area contributed by atoms with Gasteiger partial charge in [-0.2, -0.15) is 0 Å². The van der Waals surface area contributed by atoms with E-state index in [1.54, 1.807) is 0 Å². The third-order valence-corrected chi connectivity index (χ3v) is 5.51. The highest BCUT2D eigenvalue weighted by atomic mass is 32.2. The minimum absolute atomic E-state index is 0.00312. The van der Waals surface area contributed by atoms with Gasteiger partial charge in [-0.25, -0.2) is 12.8 Å². The Kier molecular flexibility index (Phi) is 3.75. The van der Waals surface area contributed by atoms with Crippen LogP contribution in [-0.4, -0.2) is 56.2 Å². The van der Waals surface area contributed by atoms with Gasteiger partial charge in [0.05, 0.1) is 11.5 Å². The lowest BCUT2D eigenvalue weighted by Gasteiger charge is -2.37. The molecule has 2 heterocycles. The number of rotatable bonds is 2. The second-order valence-corrected chi connectivity index (χ2v) is 7.72. The van der Waals surface area contributed by atoms with Gasteiger partial charge in [0, 0.05) is 12.6 Å². The van der Waals surface area contributed by atoms with E-state index in [1.807, 2.05) is 0 Å². The van der Waals surface area contributed by atoms with Crippen molar-refractivity contribution in [2.45, 2.75) is 37.4 Å². The van der Waals surface area contributed by atoms with Gasteiger partial charge in [-0.05, 0) is 38.8 Å². The lowest BCUT2D eigenvalue weighted by atomic mass is 9.96. The van der Waals surface area contributed by atoms with Crippen molar-refractivity contribution in [1.82, 2.24) is 4.90 Å². The van der Waals surface area contributed by atoms with Crippen LogP contribution in [0, 0.1) is 0 Å². The highest BCUT2D eigenvalue weighted by molar-refractivity contribution is 7.91. The summed E-state index contributed by atoms with van der Waals surface area (Å²) in [7, 11) is -2.98. The van der Waals surface area contributed by atoms with E-state index in [4.69, 9.17) is 5.73 Å². The van der Waals surface area contributed by atoms with Gasteiger partial charge in [0.2, 0.25) is 0 Å². The van der Waals surface area contributed by atoms with Crippen LogP contribution >= 0.6 is 0 Å². The molecule has 0 aromatic carbocycles. The van der Waals surface area contributed by atoms with Crippen molar-refractivity contribution in [2.75, 3.05) is 31.1 Å². The van der Waals surface area contributed by atoms with Crippen LogP contribution in [0.5, 0.6) is 0 Å². The smallest absolute Gasteiger partial charge is 0.150 e. The molecule has 0 unspecified atom stereocenters. The molecule has 0 atom stereocenters. The van der Waals surface area contributed by atoms with E-state index in [0.29, 0.717) is 6.54 Å². The molecule has 0 aromatic rings. The number of nitrogens with zero attached hydrogens (tertiary/aromatic N) is 1. The van der Waals surface area contributed by atoms with Crippen molar-refractivity contribution in [1.29, 1.82) is 0 Å². The van der Waals surface area contributed by atoms with Crippen molar-refractivity contribution in [3.05, 3.63) is 0 Å². The summed E-state index contributed by atoms with van der Waals surface area (Å²) in [5.41, 5.74) is 4.49. The first-order chi connectivity index (χ1) is 7.89. The molecule has 0 spiro atoms. The molecule has 100 valence electrons. The topological polar surface area (TPSA) is 63.4 Å². The van der Waals surface area contributed by atoms with E-state index < -0.39 is 15.5 Å². The summed E-state index contributed by atoms with van der Waals surface area (Å²) < 4.78 is 37.0. The lowest BCUT2D eigenvalue weighted by Crippen LogP contribution is -2.49. The second kappa shape index (κ2) is 4.82. The van der Waals surface area contributed by atoms with Crippen molar-refractivity contribution in [3.63, 3.8) is 0 Å². The Morgan fingerprint density at radius 3 is 2.29 bits per heavy atom. The minimum Gasteiger partial charge on any atom is -0.328 e. The lowest BCUT2D eigenvalue weighted by molar-refractivity contribution is 0.0688. The van der Waals surface area contributed by atoms with Crippen LogP contribution in [0.4, 0.5) is 4.39 Å². The fourth-order valence-electron chi connectivity index (χ4n) is 2.57. The average Bonchev–Trinajstić information content (AvgIpc) is 2.27. The summed E-state index contributed by atoms with van der Waals surface area (Å²) in [4.78, 5) is 2.08. The van der Waals surface area contributed by atoms with E-state index in [-0.39, 0.29) is 30.4 Å². The highest BCUT2D eigenvalue weighted by Crippen LogP contribution is 2.29. The molecule has 2 saturated heterocycles. The monoisotopic (exact) mass is 264 g/mol. The number of piperidine rings is 1. The van der Waals surface area contributed by atoms with Crippen LogP contribution < -0.4 is 5.73 Å².